The maximum Gasteiger partial charge on any atom is 0.252 e. The third-order valence-corrected chi connectivity index (χ3v) is 7.58. The van der Waals surface area contributed by atoms with Crippen LogP contribution in [0.4, 0.5) is 28.7 Å². The average molecular weight is 514 g/mol. The smallest absolute Gasteiger partial charge is 0.252 e. The second-order valence-corrected chi connectivity index (χ2v) is 10.5. The van der Waals surface area contributed by atoms with Gasteiger partial charge >= 0.3 is 0 Å². The standard InChI is InChI=1S/C30H39N7O/c1-22(2)35-17-19-36(20-18-35)26-12-10-24(11-13-26)33-30-27(29(31)38)14-15-28(34-30)37-16-6-9-25(21-37)32-23-7-4-3-5-8-23/h3-5,7-8,10-15,22,25,32H,6,9,16-21H2,1-2H3,(H2,31,38)(H,33,34)/t25-/m1/s1. The first kappa shape index (κ1) is 25.9. The van der Waals surface area contributed by atoms with Gasteiger partial charge in [-0.05, 0) is 75.2 Å². The molecule has 2 aliphatic heterocycles. The number of hydrogen-bond acceptors (Lipinski definition) is 7. The fourth-order valence-electron chi connectivity index (χ4n) is 5.38. The Morgan fingerprint density at radius 3 is 2.32 bits per heavy atom. The van der Waals surface area contributed by atoms with Gasteiger partial charge in [-0.1, -0.05) is 18.2 Å². The molecule has 200 valence electrons. The Labute approximate surface area is 225 Å². The summed E-state index contributed by atoms with van der Waals surface area (Å²) in [7, 11) is 0. The number of carbonyl (C=O) groups excluding carboxylic acids is 1. The van der Waals surface area contributed by atoms with Gasteiger partial charge < -0.3 is 26.2 Å². The number of carbonyl (C=O) groups is 1. The molecule has 2 saturated heterocycles. The average Bonchev–Trinajstić information content (AvgIpc) is 2.94. The number of rotatable bonds is 8. The molecule has 0 bridgehead atoms. The molecule has 1 amide bonds. The van der Waals surface area contributed by atoms with Crippen LogP contribution in [-0.4, -0.2) is 67.1 Å². The molecular formula is C30H39N7O. The molecule has 2 fully saturated rings. The quantitative estimate of drug-likeness (QED) is 0.408. The number of benzene rings is 2. The van der Waals surface area contributed by atoms with Gasteiger partial charge in [0, 0.05) is 68.4 Å². The largest absolute Gasteiger partial charge is 0.381 e. The zero-order chi connectivity index (χ0) is 26.5. The number of pyridine rings is 1. The van der Waals surface area contributed by atoms with Crippen molar-refractivity contribution in [1.82, 2.24) is 9.88 Å². The summed E-state index contributed by atoms with van der Waals surface area (Å²) >= 11 is 0. The van der Waals surface area contributed by atoms with Crippen LogP contribution in [0.25, 0.3) is 0 Å². The summed E-state index contributed by atoms with van der Waals surface area (Å²) in [5, 5.41) is 6.99. The number of primary amides is 1. The maximum atomic E-state index is 12.2. The first-order valence-corrected chi connectivity index (χ1v) is 13.7. The Hall–Kier alpha value is -3.78. The minimum absolute atomic E-state index is 0.329. The van der Waals surface area contributed by atoms with Crippen molar-refractivity contribution in [2.45, 2.75) is 38.8 Å². The number of amides is 1. The lowest BCUT2D eigenvalue weighted by molar-refractivity contribution is 0.100. The van der Waals surface area contributed by atoms with E-state index >= 15 is 0 Å². The zero-order valence-corrected chi connectivity index (χ0v) is 22.4. The lowest BCUT2D eigenvalue weighted by Gasteiger charge is -2.38. The number of piperazine rings is 1. The van der Waals surface area contributed by atoms with Gasteiger partial charge in [-0.25, -0.2) is 4.98 Å². The SMILES string of the molecule is CC(C)N1CCN(c2ccc(Nc3nc(N4CCC[C@@H](Nc5ccccc5)C4)ccc3C(N)=O)cc2)CC1. The molecule has 8 nitrogen and oxygen atoms in total. The van der Waals surface area contributed by atoms with E-state index in [-0.39, 0.29) is 0 Å². The number of nitrogens with zero attached hydrogens (tertiary/aromatic N) is 4. The highest BCUT2D eigenvalue weighted by molar-refractivity contribution is 5.98. The van der Waals surface area contributed by atoms with Crippen molar-refractivity contribution in [1.29, 1.82) is 0 Å². The van der Waals surface area contributed by atoms with Gasteiger partial charge in [-0.2, -0.15) is 0 Å². The molecule has 8 heteroatoms. The Morgan fingerprint density at radius 1 is 0.895 bits per heavy atom. The minimum Gasteiger partial charge on any atom is -0.381 e. The van der Waals surface area contributed by atoms with Crippen LogP contribution >= 0.6 is 0 Å². The zero-order valence-electron chi connectivity index (χ0n) is 22.4. The van der Waals surface area contributed by atoms with Crippen LogP contribution in [0.3, 0.4) is 0 Å². The van der Waals surface area contributed by atoms with E-state index in [1.807, 2.05) is 36.4 Å². The predicted octanol–water partition coefficient (Wildman–Crippen LogP) is 4.54. The third-order valence-electron chi connectivity index (χ3n) is 7.58. The lowest BCUT2D eigenvalue weighted by Crippen LogP contribution is -2.48. The van der Waals surface area contributed by atoms with Gasteiger partial charge in [0.1, 0.15) is 11.6 Å². The summed E-state index contributed by atoms with van der Waals surface area (Å²) in [6.07, 6.45) is 2.17. The highest BCUT2D eigenvalue weighted by atomic mass is 16.1. The van der Waals surface area contributed by atoms with E-state index in [1.54, 1.807) is 6.07 Å². The minimum atomic E-state index is -0.492. The second kappa shape index (κ2) is 11.7. The Bertz CT molecular complexity index is 1210. The van der Waals surface area contributed by atoms with E-state index in [1.165, 1.54) is 5.69 Å². The summed E-state index contributed by atoms with van der Waals surface area (Å²) in [5.41, 5.74) is 9.31. The van der Waals surface area contributed by atoms with Gasteiger partial charge in [0.25, 0.3) is 5.91 Å². The predicted molar refractivity (Wildman–Crippen MR) is 157 cm³/mol. The molecule has 0 radical (unpaired) electrons. The molecule has 2 aromatic carbocycles. The normalized spacial score (nSPS) is 18.4. The third kappa shape index (κ3) is 6.19. The molecule has 0 spiro atoms. The van der Waals surface area contributed by atoms with E-state index in [2.05, 4.69) is 63.4 Å². The molecule has 0 saturated carbocycles. The van der Waals surface area contributed by atoms with Gasteiger partial charge in [-0.3, -0.25) is 9.69 Å². The number of para-hydroxylation sites is 1. The molecule has 38 heavy (non-hydrogen) atoms. The number of nitrogens with two attached hydrogens (primary N) is 1. The van der Waals surface area contributed by atoms with Crippen LogP contribution < -0.4 is 26.2 Å². The number of anilines is 5. The fourth-order valence-corrected chi connectivity index (χ4v) is 5.38. The van der Waals surface area contributed by atoms with Crippen molar-refractivity contribution in [3.05, 3.63) is 72.3 Å². The van der Waals surface area contributed by atoms with Crippen molar-refractivity contribution in [3.63, 3.8) is 0 Å². The van der Waals surface area contributed by atoms with Gasteiger partial charge in [0.2, 0.25) is 0 Å². The van der Waals surface area contributed by atoms with E-state index < -0.39 is 5.91 Å². The molecule has 0 aliphatic carbocycles. The van der Waals surface area contributed by atoms with Crippen LogP contribution in [0.2, 0.25) is 0 Å². The summed E-state index contributed by atoms with van der Waals surface area (Å²) in [4.78, 5) is 24.3. The Morgan fingerprint density at radius 2 is 1.63 bits per heavy atom. The number of piperidine rings is 1. The summed E-state index contributed by atoms with van der Waals surface area (Å²) in [5.74, 6) is 0.844. The van der Waals surface area contributed by atoms with Crippen LogP contribution in [-0.2, 0) is 0 Å². The second-order valence-electron chi connectivity index (χ2n) is 10.5. The van der Waals surface area contributed by atoms with Crippen molar-refractivity contribution < 1.29 is 4.79 Å². The monoisotopic (exact) mass is 513 g/mol. The van der Waals surface area contributed by atoms with Crippen LogP contribution in [0, 0.1) is 0 Å². The number of aromatic nitrogens is 1. The topological polar surface area (TPSA) is 89.8 Å². The maximum absolute atomic E-state index is 12.2. The van der Waals surface area contributed by atoms with E-state index in [9.17, 15) is 4.79 Å². The van der Waals surface area contributed by atoms with Gasteiger partial charge in [-0.15, -0.1) is 0 Å². The van der Waals surface area contributed by atoms with Crippen LogP contribution in [0.15, 0.2) is 66.7 Å². The van der Waals surface area contributed by atoms with Gasteiger partial charge in [0.15, 0.2) is 0 Å². The van der Waals surface area contributed by atoms with Crippen LogP contribution in [0.5, 0.6) is 0 Å². The van der Waals surface area contributed by atoms with E-state index in [0.29, 0.717) is 23.5 Å². The highest BCUT2D eigenvalue weighted by Crippen LogP contribution is 2.27. The van der Waals surface area contributed by atoms with Crippen molar-refractivity contribution >= 4 is 34.6 Å². The lowest BCUT2D eigenvalue weighted by atomic mass is 10.0. The molecule has 3 aromatic rings. The molecule has 0 unspecified atom stereocenters. The van der Waals surface area contributed by atoms with E-state index in [4.69, 9.17) is 10.7 Å². The molecule has 2 aliphatic rings. The Kier molecular flexibility index (Phi) is 7.98. The van der Waals surface area contributed by atoms with Crippen molar-refractivity contribution in [2.24, 2.45) is 5.73 Å². The van der Waals surface area contributed by atoms with Crippen LogP contribution in [0.1, 0.15) is 37.0 Å². The molecule has 1 atom stereocenters. The number of hydrogen-bond donors (Lipinski definition) is 3. The first-order chi connectivity index (χ1) is 18.5. The molecule has 3 heterocycles. The summed E-state index contributed by atoms with van der Waals surface area (Å²) in [6, 6.07) is 23.3. The number of nitrogens with one attached hydrogen (secondary N) is 2. The fraction of sp³-hybridized carbons (Fsp3) is 0.400. The summed E-state index contributed by atoms with van der Waals surface area (Å²) < 4.78 is 0. The molecule has 1 aromatic heterocycles. The van der Waals surface area contributed by atoms with E-state index in [0.717, 1.165) is 69.3 Å². The molecule has 4 N–H and O–H groups in total. The molecule has 5 rings (SSSR count). The Balaban J connectivity index is 1.27. The highest BCUT2D eigenvalue weighted by Gasteiger charge is 2.23. The van der Waals surface area contributed by atoms with Gasteiger partial charge in [0.05, 0.1) is 5.56 Å². The first-order valence-electron chi connectivity index (χ1n) is 13.7. The summed E-state index contributed by atoms with van der Waals surface area (Å²) in [6.45, 7) is 10.5. The van der Waals surface area contributed by atoms with Crippen molar-refractivity contribution in [3.8, 4) is 0 Å². The van der Waals surface area contributed by atoms with Crippen molar-refractivity contribution in [2.75, 3.05) is 59.7 Å². The molecular weight excluding hydrogens is 474 g/mol.